The first kappa shape index (κ1) is 57.7. The van der Waals surface area contributed by atoms with Gasteiger partial charge < -0.3 is 48.8 Å². The third-order valence-corrected chi connectivity index (χ3v) is 9.41. The molecule has 0 saturated carbocycles. The molecule has 0 saturated heterocycles. The molecule has 1 aliphatic rings. The van der Waals surface area contributed by atoms with Crippen molar-refractivity contribution >= 4 is 67.3 Å². The van der Waals surface area contributed by atoms with Gasteiger partial charge >= 0.3 is 7.69 Å². The molecule has 0 bridgehead atoms. The van der Waals surface area contributed by atoms with Crippen molar-refractivity contribution in [1.82, 2.24) is 0 Å². The Bertz CT molecular complexity index is 2640. The fourth-order valence-corrected chi connectivity index (χ4v) is 5.95. The molecule has 5 aromatic carbocycles. The Labute approximate surface area is 367 Å². The maximum Gasteiger partial charge on any atom is 0.569 e. The summed E-state index contributed by atoms with van der Waals surface area (Å²) in [4.78, 5) is 35.4. The van der Waals surface area contributed by atoms with E-state index in [4.69, 9.17) is 44.1 Å². The number of rotatable bonds is 8. The van der Waals surface area contributed by atoms with Gasteiger partial charge in [-0.05, 0) is 104 Å². The van der Waals surface area contributed by atoms with Gasteiger partial charge in [-0.3, -0.25) is 14.4 Å². The van der Waals surface area contributed by atoms with Gasteiger partial charge in [0.25, 0.3) is 0 Å². The average Bonchev–Trinajstić information content (AvgIpc) is 3.31. The Hall–Kier alpha value is -10.4. The number of hydrogen-bond acceptors (Lipinski definition) is 13. The molecule has 0 amide bonds. The molecule has 1 radical (unpaired) electrons. The van der Waals surface area contributed by atoms with Crippen LogP contribution in [0.15, 0.2) is 139 Å². The number of hydrogen-bond donors (Lipinski definition) is 6. The topological polar surface area (TPSA) is 217 Å². The van der Waals surface area contributed by atoms with Crippen LogP contribution in [0.5, 0.6) is 11.5 Å². The van der Waals surface area contributed by atoms with E-state index >= 15 is 0 Å². The van der Waals surface area contributed by atoms with E-state index in [9.17, 15) is 14.4 Å². The second-order valence-electron chi connectivity index (χ2n) is 12.8. The van der Waals surface area contributed by atoms with Gasteiger partial charge in [0.1, 0.15) is 33.9 Å². The molecule has 8 rings (SSSR count). The van der Waals surface area contributed by atoms with E-state index in [2.05, 4.69) is 36.5 Å². The molecule has 0 atom stereocenters. The molecule has 7 aromatic rings. The van der Waals surface area contributed by atoms with Gasteiger partial charge in [0.2, 0.25) is 5.43 Å². The predicted molar refractivity (Wildman–Crippen MR) is 238 cm³/mol. The molecule has 21 heteroatoms. The molecule has 0 fully saturated rings. The van der Waals surface area contributed by atoms with E-state index in [1.165, 1.54) is 12.5 Å². The summed E-state index contributed by atoms with van der Waals surface area (Å²) in [7, 11) is 0.619. The van der Waals surface area contributed by atoms with E-state index < -0.39 is 0 Å². The molecule has 0 spiro atoms. The van der Waals surface area contributed by atoms with Crippen LogP contribution in [0.2, 0.25) is 0 Å². The van der Waals surface area contributed by atoms with Crippen LogP contribution in [0.1, 0.15) is 44.6 Å². The number of ketones is 1. The Kier molecular flexibility index (Phi) is 24.6. The number of alkyl halides is 1. The summed E-state index contributed by atoms with van der Waals surface area (Å²) in [6.45, 7) is 0.255. The number of benzene rings is 5. The van der Waals surface area contributed by atoms with Crippen LogP contribution >= 0.6 is 31.9 Å². The number of fused-ring (bicyclic) bond motifs is 3. The molecule has 1 aliphatic heterocycles. The smallest absolute Gasteiger partial charge is 0.537 e. The number of aliphatic hydroxyl groups is 5. The zero-order chi connectivity index (χ0) is 44.3. The monoisotopic (exact) mass is 2310 g/mol. The molecular formula is C45H42BBr2O13Sg5. The minimum Gasteiger partial charge on any atom is -0.537 e. The SMILES string of the molecule is CBr.O=C1CCOc2cc(CO)ccc21.O=c1c(-c2ccc(CO)cc2)coc2cc(CO)ccc12.O=c1c(Br)coc2cc(CO)ccc12.O[B]Oc1ccc(CO)cc1.[Sg].[Sg].[Sg].[Sg].[Sg]. The molecular weight excluding hydrogens is 2260 g/mol. The molecule has 6 N–H and O–H groups in total. The van der Waals surface area contributed by atoms with Crippen molar-refractivity contribution in [3.63, 3.8) is 0 Å². The van der Waals surface area contributed by atoms with Gasteiger partial charge in [-0.15, -0.1) is 0 Å². The summed E-state index contributed by atoms with van der Waals surface area (Å²) in [6.07, 6.45) is 3.23. The zero-order valence-electron chi connectivity index (χ0n) is 36.3. The molecule has 66 heavy (non-hydrogen) atoms. The third-order valence-electron chi connectivity index (χ3n) is 8.86. The van der Waals surface area contributed by atoms with Crippen molar-refractivity contribution in [1.29, 1.82) is 0 Å². The number of Topliss-reactive ketones (excluding diaryl/α,β-unsaturated/α-hetero) is 1. The van der Waals surface area contributed by atoms with Crippen molar-refractivity contribution in [3.8, 4) is 22.6 Å². The van der Waals surface area contributed by atoms with Crippen LogP contribution in [-0.4, -0.2) is 56.5 Å². The predicted octanol–water partition coefficient (Wildman–Crippen LogP) is 6.73. The second kappa shape index (κ2) is 28.2. The number of aliphatic hydroxyl groups excluding tert-OH is 5. The number of ether oxygens (including phenoxy) is 1. The van der Waals surface area contributed by atoms with Crippen molar-refractivity contribution < 1.29 is 53.6 Å². The largest absolute Gasteiger partial charge is 0.569 e. The van der Waals surface area contributed by atoms with Gasteiger partial charge in [0.15, 0.2) is 11.2 Å². The first-order chi connectivity index (χ1) is 29.6. The fourth-order valence-electron chi connectivity index (χ4n) is 5.65. The maximum atomic E-state index is 12.5. The van der Waals surface area contributed by atoms with Crippen LogP contribution in [0, 0.1) is 0 Å². The number of carbonyl (C=O) groups excluding carboxylic acids is 1. The second-order valence-corrected chi connectivity index (χ2v) is 13.6. The van der Waals surface area contributed by atoms with Crippen molar-refractivity contribution in [2.45, 2.75) is 39.5 Å². The fraction of sp³-hybridized carbons (Fsp3) is 0.178. The summed E-state index contributed by atoms with van der Waals surface area (Å²) in [5.41, 5.74) is 6.38. The molecule has 2 aromatic heterocycles. The number of carbonyl (C=O) groups is 1. The van der Waals surface area contributed by atoms with E-state index in [0.717, 1.165) is 27.8 Å². The third kappa shape index (κ3) is 14.4. The molecule has 13 nitrogen and oxygen atoms in total. The minimum atomic E-state index is -0.113. The number of halogens is 2. The van der Waals surface area contributed by atoms with E-state index in [0.29, 0.717) is 75.3 Å². The Balaban J connectivity index is 0. The maximum absolute atomic E-state index is 12.5. The quantitative estimate of drug-likeness (QED) is 0.0688. The van der Waals surface area contributed by atoms with Gasteiger partial charge in [0, 0.05) is 6.42 Å². The summed E-state index contributed by atoms with van der Waals surface area (Å²) >= 11 is 6.03. The zero-order valence-corrected chi connectivity index (χ0v) is 71.8. The summed E-state index contributed by atoms with van der Waals surface area (Å²) in [5.74, 6) is 3.07. The van der Waals surface area contributed by atoms with Crippen LogP contribution in [-0.2, 0) is 33.0 Å². The minimum absolute atomic E-state index is 0. The van der Waals surface area contributed by atoms with Gasteiger partial charge in [-0.25, -0.2) is 0 Å². The van der Waals surface area contributed by atoms with Crippen LogP contribution < -0.4 is 20.2 Å². The van der Waals surface area contributed by atoms with Crippen molar-refractivity contribution in [2.75, 3.05) is 12.4 Å². The summed E-state index contributed by atoms with van der Waals surface area (Å²) in [5, 5.41) is 53.8. The summed E-state index contributed by atoms with van der Waals surface area (Å²) in [6, 6.07) is 29.1. The van der Waals surface area contributed by atoms with E-state index in [-0.39, 0.29) is 49.7 Å². The van der Waals surface area contributed by atoms with Crippen molar-refractivity contribution in [3.05, 3.63) is 174 Å². The van der Waals surface area contributed by atoms with Gasteiger partial charge in [-0.2, -0.15) is 0 Å². The molecule has 0 aliphatic carbocycles. The first-order valence-corrected chi connectivity index (χ1v) is 20.8. The Morgan fingerprint density at radius 2 is 1.00 bits per heavy atom. The van der Waals surface area contributed by atoms with Gasteiger partial charge in [-0.1, -0.05) is 70.5 Å². The molecule has 3 heterocycles. The normalized spacial score (nSPS) is 10.3. The van der Waals surface area contributed by atoms with Gasteiger partial charge in [0.05, 0.1) is 67.3 Å². The Morgan fingerprint density at radius 1 is 0.561 bits per heavy atom. The summed E-state index contributed by atoms with van der Waals surface area (Å²) < 4.78 is 21.1. The van der Waals surface area contributed by atoms with E-state index in [1.807, 2.05) is 5.83 Å². The van der Waals surface area contributed by atoms with Crippen LogP contribution in [0.4, 0.5) is 0 Å². The van der Waals surface area contributed by atoms with Crippen LogP contribution in [0.3, 0.4) is 0 Å². The Morgan fingerprint density at radius 3 is 1.50 bits per heavy atom. The molecule has 0 unspecified atom stereocenters. The van der Waals surface area contributed by atoms with Crippen LogP contribution in [0.25, 0.3) is 33.1 Å². The average molecular weight is 2310 g/mol. The standard InChI is InChI=1S/C17H14O4.C10H7BrO3.C10H10O3.C7H8BO3.CH3Br.5Sg/c18-8-11-1-4-13(5-2-11)15-10-21-16-7-12(9-19)3-6-14(16)17(15)20;11-8-5-14-9-3-6(4-12)1-2-7(9)10(8)13;11-6-7-1-2-8-9(12)3-4-13-10(8)5-7;9-5-6-1-3-7(4-2-6)11-8-10;1-2;;;;;/h1-7,10,18-19H,8-9H2;1-3,5,12H,4H2;1-2,5,11H,3-4,6H2;1-4,9-10H,5H2;1H3;;;;;. The molecule has 327 valence electrons. The van der Waals surface area contributed by atoms with Crippen molar-refractivity contribution in [2.24, 2.45) is 0 Å². The first-order valence-electron chi connectivity index (χ1n) is 18.4. The van der Waals surface area contributed by atoms with E-state index in [1.54, 1.807) is 103 Å².